The van der Waals surface area contributed by atoms with Gasteiger partial charge in [-0.3, -0.25) is 4.79 Å². The van der Waals surface area contributed by atoms with Crippen LogP contribution in [-0.2, 0) is 6.54 Å². The van der Waals surface area contributed by atoms with Gasteiger partial charge >= 0.3 is 0 Å². The Morgan fingerprint density at radius 2 is 2.04 bits per heavy atom. The normalized spacial score (nSPS) is 10.5. The first-order valence-corrected chi connectivity index (χ1v) is 9.03. The number of ether oxygens (including phenoxy) is 1. The SMILES string of the molecule is C=CCN(Cc1nc(-c2ccc(OC)cc2)no1)C(=O)c1ccc(C)cc1Cl. The zero-order valence-electron chi connectivity index (χ0n) is 15.7. The van der Waals surface area contributed by atoms with Crippen LogP contribution in [0.4, 0.5) is 0 Å². The molecule has 6 nitrogen and oxygen atoms in total. The molecule has 1 amide bonds. The Kier molecular flexibility index (Phi) is 6.11. The monoisotopic (exact) mass is 397 g/mol. The molecule has 7 heteroatoms. The summed E-state index contributed by atoms with van der Waals surface area (Å²) in [5.41, 5.74) is 2.20. The molecule has 0 aliphatic heterocycles. The first-order valence-electron chi connectivity index (χ1n) is 8.65. The number of carbonyl (C=O) groups is 1. The average Bonchev–Trinajstić information content (AvgIpc) is 3.16. The van der Waals surface area contributed by atoms with Gasteiger partial charge in [-0.25, -0.2) is 0 Å². The highest BCUT2D eigenvalue weighted by molar-refractivity contribution is 6.33. The van der Waals surface area contributed by atoms with E-state index in [0.29, 0.717) is 28.8 Å². The van der Waals surface area contributed by atoms with Gasteiger partial charge in [0.05, 0.1) is 17.7 Å². The zero-order chi connectivity index (χ0) is 20.1. The molecule has 0 fully saturated rings. The summed E-state index contributed by atoms with van der Waals surface area (Å²) >= 11 is 6.25. The van der Waals surface area contributed by atoms with E-state index in [2.05, 4.69) is 16.7 Å². The fourth-order valence-electron chi connectivity index (χ4n) is 2.68. The van der Waals surface area contributed by atoms with Crippen molar-refractivity contribution in [3.8, 4) is 17.1 Å². The third kappa shape index (κ3) is 4.40. The van der Waals surface area contributed by atoms with Crippen LogP contribution in [0.3, 0.4) is 0 Å². The van der Waals surface area contributed by atoms with E-state index in [1.807, 2.05) is 37.3 Å². The maximum absolute atomic E-state index is 12.9. The highest BCUT2D eigenvalue weighted by atomic mass is 35.5. The second kappa shape index (κ2) is 8.71. The predicted molar refractivity (Wildman–Crippen MR) is 107 cm³/mol. The number of hydrogen-bond donors (Lipinski definition) is 0. The Hall–Kier alpha value is -3.12. The molecule has 0 unspecified atom stereocenters. The lowest BCUT2D eigenvalue weighted by atomic mass is 10.1. The van der Waals surface area contributed by atoms with E-state index >= 15 is 0 Å². The molecule has 0 saturated heterocycles. The van der Waals surface area contributed by atoms with E-state index in [1.54, 1.807) is 30.2 Å². The summed E-state index contributed by atoms with van der Waals surface area (Å²) in [7, 11) is 1.60. The zero-order valence-corrected chi connectivity index (χ0v) is 16.4. The Morgan fingerprint density at radius 1 is 1.29 bits per heavy atom. The van der Waals surface area contributed by atoms with Crippen LogP contribution in [0.15, 0.2) is 59.6 Å². The Morgan fingerprint density at radius 3 is 2.68 bits per heavy atom. The van der Waals surface area contributed by atoms with Crippen LogP contribution in [-0.4, -0.2) is 34.6 Å². The number of aryl methyl sites for hydroxylation is 1. The molecule has 0 aliphatic rings. The number of nitrogens with zero attached hydrogens (tertiary/aromatic N) is 3. The van der Waals surface area contributed by atoms with Crippen LogP contribution in [0.1, 0.15) is 21.8 Å². The Labute approximate surface area is 168 Å². The molecule has 1 heterocycles. The summed E-state index contributed by atoms with van der Waals surface area (Å²) in [6, 6.07) is 12.6. The average molecular weight is 398 g/mol. The lowest BCUT2D eigenvalue weighted by Gasteiger charge is -2.19. The Bertz CT molecular complexity index is 983. The highest BCUT2D eigenvalue weighted by Gasteiger charge is 2.20. The van der Waals surface area contributed by atoms with Crippen molar-refractivity contribution in [2.24, 2.45) is 0 Å². The highest BCUT2D eigenvalue weighted by Crippen LogP contribution is 2.22. The van der Waals surface area contributed by atoms with Crippen molar-refractivity contribution in [3.63, 3.8) is 0 Å². The molecule has 28 heavy (non-hydrogen) atoms. The van der Waals surface area contributed by atoms with Crippen LogP contribution < -0.4 is 4.74 Å². The van der Waals surface area contributed by atoms with Crippen molar-refractivity contribution in [3.05, 3.63) is 77.2 Å². The summed E-state index contributed by atoms with van der Waals surface area (Å²) in [5, 5.41) is 4.41. The minimum Gasteiger partial charge on any atom is -0.497 e. The third-order valence-electron chi connectivity index (χ3n) is 4.13. The summed E-state index contributed by atoms with van der Waals surface area (Å²) in [4.78, 5) is 18.8. The van der Waals surface area contributed by atoms with Crippen LogP contribution in [0.2, 0.25) is 5.02 Å². The van der Waals surface area contributed by atoms with Gasteiger partial charge in [0.1, 0.15) is 12.3 Å². The molecule has 0 bridgehead atoms. The minimum absolute atomic E-state index is 0.151. The summed E-state index contributed by atoms with van der Waals surface area (Å²) in [5.74, 6) is 1.28. The molecular formula is C21H20ClN3O3. The first kappa shape index (κ1) is 19.6. The van der Waals surface area contributed by atoms with Gasteiger partial charge in [0.15, 0.2) is 0 Å². The fraction of sp³-hybridized carbons (Fsp3) is 0.190. The molecule has 144 valence electrons. The van der Waals surface area contributed by atoms with Gasteiger partial charge in [-0.2, -0.15) is 4.98 Å². The molecule has 0 saturated carbocycles. The number of halogens is 1. The van der Waals surface area contributed by atoms with E-state index in [4.69, 9.17) is 20.9 Å². The molecule has 3 rings (SSSR count). The smallest absolute Gasteiger partial charge is 0.256 e. The minimum atomic E-state index is -0.228. The van der Waals surface area contributed by atoms with Gasteiger partial charge in [0.2, 0.25) is 11.7 Å². The largest absolute Gasteiger partial charge is 0.497 e. The molecule has 1 aromatic heterocycles. The van der Waals surface area contributed by atoms with Gasteiger partial charge in [0, 0.05) is 12.1 Å². The number of carbonyl (C=O) groups excluding carboxylic acids is 1. The maximum Gasteiger partial charge on any atom is 0.256 e. The predicted octanol–water partition coefficient (Wildman–Crippen LogP) is 4.54. The summed E-state index contributed by atoms with van der Waals surface area (Å²) in [6.45, 7) is 6.11. The van der Waals surface area contributed by atoms with Crippen molar-refractivity contribution in [2.45, 2.75) is 13.5 Å². The Balaban J connectivity index is 1.79. The van der Waals surface area contributed by atoms with Crippen molar-refractivity contribution in [1.82, 2.24) is 15.0 Å². The van der Waals surface area contributed by atoms with E-state index in [1.165, 1.54) is 0 Å². The summed E-state index contributed by atoms with van der Waals surface area (Å²) in [6.07, 6.45) is 1.64. The molecule has 0 spiro atoms. The summed E-state index contributed by atoms with van der Waals surface area (Å²) < 4.78 is 10.5. The molecule has 0 N–H and O–H groups in total. The van der Waals surface area contributed by atoms with Crippen molar-refractivity contribution < 1.29 is 14.1 Å². The second-order valence-corrected chi connectivity index (χ2v) is 6.61. The topological polar surface area (TPSA) is 68.5 Å². The molecule has 3 aromatic rings. The molecular weight excluding hydrogens is 378 g/mol. The number of amides is 1. The van der Waals surface area contributed by atoms with Crippen molar-refractivity contribution >= 4 is 17.5 Å². The van der Waals surface area contributed by atoms with E-state index in [-0.39, 0.29) is 12.5 Å². The van der Waals surface area contributed by atoms with Crippen LogP contribution in [0.5, 0.6) is 5.75 Å². The van der Waals surface area contributed by atoms with Gasteiger partial charge in [-0.1, -0.05) is 28.9 Å². The molecule has 2 aromatic carbocycles. The van der Waals surface area contributed by atoms with Crippen LogP contribution >= 0.6 is 11.6 Å². The fourth-order valence-corrected chi connectivity index (χ4v) is 2.99. The molecule has 0 atom stereocenters. The van der Waals surface area contributed by atoms with Crippen LogP contribution in [0.25, 0.3) is 11.4 Å². The quantitative estimate of drug-likeness (QED) is 0.547. The lowest BCUT2D eigenvalue weighted by Crippen LogP contribution is -2.31. The second-order valence-electron chi connectivity index (χ2n) is 6.20. The van der Waals surface area contributed by atoms with Gasteiger partial charge in [-0.15, -0.1) is 6.58 Å². The number of aromatic nitrogens is 2. The number of methoxy groups -OCH3 is 1. The van der Waals surface area contributed by atoms with E-state index < -0.39 is 0 Å². The number of rotatable bonds is 7. The van der Waals surface area contributed by atoms with Gasteiger partial charge < -0.3 is 14.2 Å². The molecule has 0 aliphatic carbocycles. The first-order chi connectivity index (χ1) is 13.5. The van der Waals surface area contributed by atoms with E-state index in [9.17, 15) is 4.79 Å². The van der Waals surface area contributed by atoms with E-state index in [0.717, 1.165) is 16.9 Å². The number of benzene rings is 2. The van der Waals surface area contributed by atoms with Gasteiger partial charge in [0.25, 0.3) is 5.91 Å². The maximum atomic E-state index is 12.9. The van der Waals surface area contributed by atoms with Gasteiger partial charge in [-0.05, 0) is 48.9 Å². The van der Waals surface area contributed by atoms with Crippen molar-refractivity contribution in [1.29, 1.82) is 0 Å². The van der Waals surface area contributed by atoms with Crippen molar-refractivity contribution in [2.75, 3.05) is 13.7 Å². The van der Waals surface area contributed by atoms with Crippen LogP contribution in [0, 0.1) is 6.92 Å². The lowest BCUT2D eigenvalue weighted by molar-refractivity contribution is 0.0745. The molecule has 0 radical (unpaired) electrons. The number of hydrogen-bond acceptors (Lipinski definition) is 5. The third-order valence-corrected chi connectivity index (χ3v) is 4.45. The standard InChI is InChI=1S/C21H20ClN3O3/c1-4-11-25(21(26)17-10-5-14(2)12-18(17)22)13-19-23-20(24-28-19)15-6-8-16(27-3)9-7-15/h4-10,12H,1,11,13H2,2-3H3.